The number of nitrogens with two attached hydrogens (primary N) is 1. The maximum absolute atomic E-state index is 5.61. The molecule has 3 heteroatoms. The summed E-state index contributed by atoms with van der Waals surface area (Å²) in [6.45, 7) is 9.17. The second-order valence-corrected chi connectivity index (χ2v) is 5.53. The van der Waals surface area contributed by atoms with Crippen LogP contribution in [0.1, 0.15) is 44.2 Å². The molecule has 108 valence electrons. The van der Waals surface area contributed by atoms with Gasteiger partial charge in [0.25, 0.3) is 0 Å². The van der Waals surface area contributed by atoms with E-state index in [2.05, 4.69) is 44.3 Å². The summed E-state index contributed by atoms with van der Waals surface area (Å²) in [5.41, 5.74) is 8.14. The maximum Gasteiger partial charge on any atom is 0.123 e. The predicted octanol–water partition coefficient (Wildman–Crippen LogP) is 2.89. The summed E-state index contributed by atoms with van der Waals surface area (Å²) >= 11 is 0. The van der Waals surface area contributed by atoms with Crippen LogP contribution in [-0.2, 0) is 6.54 Å². The van der Waals surface area contributed by atoms with Gasteiger partial charge in [-0.1, -0.05) is 32.9 Å². The average Bonchev–Trinajstić information content (AvgIpc) is 2.42. The van der Waals surface area contributed by atoms with Crippen molar-refractivity contribution in [3.8, 4) is 5.75 Å². The summed E-state index contributed by atoms with van der Waals surface area (Å²) in [6.07, 6.45) is 1.11. The van der Waals surface area contributed by atoms with E-state index in [9.17, 15) is 0 Å². The van der Waals surface area contributed by atoms with Crippen molar-refractivity contribution in [1.29, 1.82) is 0 Å². The zero-order chi connectivity index (χ0) is 14.3. The summed E-state index contributed by atoms with van der Waals surface area (Å²) in [4.78, 5) is 0. The number of nitrogens with one attached hydrogen (secondary N) is 1. The van der Waals surface area contributed by atoms with Crippen LogP contribution in [0.4, 0.5) is 0 Å². The van der Waals surface area contributed by atoms with Crippen molar-refractivity contribution >= 4 is 0 Å². The second kappa shape index (κ2) is 8.18. The van der Waals surface area contributed by atoms with Gasteiger partial charge in [-0.05, 0) is 43.0 Å². The minimum atomic E-state index is 0.529. The topological polar surface area (TPSA) is 47.3 Å². The Morgan fingerprint density at radius 2 is 2.00 bits per heavy atom. The first-order valence-electron chi connectivity index (χ1n) is 7.16. The van der Waals surface area contributed by atoms with Gasteiger partial charge in [-0.15, -0.1) is 0 Å². The molecule has 0 spiro atoms. The van der Waals surface area contributed by atoms with E-state index in [4.69, 9.17) is 10.5 Å². The molecule has 0 aliphatic carbocycles. The Morgan fingerprint density at radius 1 is 1.26 bits per heavy atom. The maximum atomic E-state index is 5.61. The molecule has 1 rings (SSSR count). The van der Waals surface area contributed by atoms with Gasteiger partial charge in [0.05, 0.1) is 7.11 Å². The fourth-order valence-corrected chi connectivity index (χ4v) is 1.96. The van der Waals surface area contributed by atoms with Gasteiger partial charge in [-0.3, -0.25) is 0 Å². The van der Waals surface area contributed by atoms with Gasteiger partial charge in [0.2, 0.25) is 0 Å². The third-order valence-electron chi connectivity index (χ3n) is 3.51. The molecular formula is C16H28N2O. The average molecular weight is 264 g/mol. The molecule has 1 aromatic rings. The summed E-state index contributed by atoms with van der Waals surface area (Å²) in [6, 6.07) is 6.49. The lowest BCUT2D eigenvalue weighted by atomic mass is 10.0. The fraction of sp³-hybridized carbons (Fsp3) is 0.625. The summed E-state index contributed by atoms with van der Waals surface area (Å²) in [7, 11) is 1.74. The largest absolute Gasteiger partial charge is 0.496 e. The first-order valence-corrected chi connectivity index (χ1v) is 7.16. The van der Waals surface area contributed by atoms with Gasteiger partial charge in [0, 0.05) is 12.1 Å². The number of hydrogen-bond acceptors (Lipinski definition) is 3. The molecule has 0 bridgehead atoms. The highest BCUT2D eigenvalue weighted by molar-refractivity contribution is 5.38. The molecule has 19 heavy (non-hydrogen) atoms. The van der Waals surface area contributed by atoms with E-state index < -0.39 is 0 Å². The van der Waals surface area contributed by atoms with Crippen molar-refractivity contribution in [2.75, 3.05) is 20.2 Å². The molecule has 0 fully saturated rings. The van der Waals surface area contributed by atoms with Crippen LogP contribution in [0, 0.1) is 5.92 Å². The normalized spacial score (nSPS) is 12.7. The standard InChI is InChI=1S/C16H28N2O/c1-12(2)14-5-6-15(16(9-14)19-4)11-18-8-7-13(3)10-17/h5-6,9,12-13,18H,7-8,10-11,17H2,1-4H3. The summed E-state index contributed by atoms with van der Waals surface area (Å²) in [5.74, 6) is 2.09. The molecule has 1 aromatic carbocycles. The zero-order valence-electron chi connectivity index (χ0n) is 12.7. The predicted molar refractivity (Wildman–Crippen MR) is 81.6 cm³/mol. The van der Waals surface area contributed by atoms with E-state index in [1.165, 1.54) is 11.1 Å². The van der Waals surface area contributed by atoms with E-state index in [1.807, 2.05) is 0 Å². The highest BCUT2D eigenvalue weighted by Crippen LogP contribution is 2.24. The van der Waals surface area contributed by atoms with Crippen molar-refractivity contribution in [2.45, 2.75) is 39.7 Å². The van der Waals surface area contributed by atoms with Crippen molar-refractivity contribution < 1.29 is 4.74 Å². The SMILES string of the molecule is COc1cc(C(C)C)ccc1CNCCC(C)CN. The van der Waals surface area contributed by atoms with Gasteiger partial charge in [0.1, 0.15) is 5.75 Å². The Labute approximate surface area is 117 Å². The molecule has 1 atom stereocenters. The smallest absolute Gasteiger partial charge is 0.123 e. The number of hydrogen-bond donors (Lipinski definition) is 2. The molecule has 3 nitrogen and oxygen atoms in total. The Morgan fingerprint density at radius 3 is 2.58 bits per heavy atom. The van der Waals surface area contributed by atoms with Crippen LogP contribution >= 0.6 is 0 Å². The van der Waals surface area contributed by atoms with Gasteiger partial charge >= 0.3 is 0 Å². The van der Waals surface area contributed by atoms with Gasteiger partial charge in [-0.25, -0.2) is 0 Å². The van der Waals surface area contributed by atoms with E-state index in [0.717, 1.165) is 31.8 Å². The van der Waals surface area contributed by atoms with Crippen molar-refractivity contribution in [3.63, 3.8) is 0 Å². The number of ether oxygens (including phenoxy) is 1. The molecule has 1 unspecified atom stereocenters. The van der Waals surface area contributed by atoms with Crippen LogP contribution in [0.15, 0.2) is 18.2 Å². The summed E-state index contributed by atoms with van der Waals surface area (Å²) in [5, 5.41) is 3.45. The minimum Gasteiger partial charge on any atom is -0.496 e. The molecule has 3 N–H and O–H groups in total. The first-order chi connectivity index (χ1) is 9.08. The fourth-order valence-electron chi connectivity index (χ4n) is 1.96. The molecule has 0 aliphatic rings. The van der Waals surface area contributed by atoms with Gasteiger partial charge in [-0.2, -0.15) is 0 Å². The first kappa shape index (κ1) is 16.0. The minimum absolute atomic E-state index is 0.529. The lowest BCUT2D eigenvalue weighted by molar-refractivity contribution is 0.406. The molecule has 0 amide bonds. The lowest BCUT2D eigenvalue weighted by Crippen LogP contribution is -2.20. The number of rotatable bonds is 8. The molecule has 0 aromatic heterocycles. The Kier molecular flexibility index (Phi) is 6.89. The van der Waals surface area contributed by atoms with Crippen LogP contribution < -0.4 is 15.8 Å². The van der Waals surface area contributed by atoms with Crippen LogP contribution in [0.5, 0.6) is 5.75 Å². The Hall–Kier alpha value is -1.06. The van der Waals surface area contributed by atoms with Crippen LogP contribution in [0.25, 0.3) is 0 Å². The number of methoxy groups -OCH3 is 1. The zero-order valence-corrected chi connectivity index (χ0v) is 12.7. The molecule has 0 aliphatic heterocycles. The van der Waals surface area contributed by atoms with Crippen LogP contribution in [0.2, 0.25) is 0 Å². The van der Waals surface area contributed by atoms with E-state index in [1.54, 1.807) is 7.11 Å². The van der Waals surface area contributed by atoms with Crippen molar-refractivity contribution in [3.05, 3.63) is 29.3 Å². The lowest BCUT2D eigenvalue weighted by Gasteiger charge is -2.14. The van der Waals surface area contributed by atoms with Crippen LogP contribution in [0.3, 0.4) is 0 Å². The Bertz CT molecular complexity index is 377. The molecular weight excluding hydrogens is 236 g/mol. The van der Waals surface area contributed by atoms with Crippen LogP contribution in [-0.4, -0.2) is 20.2 Å². The highest BCUT2D eigenvalue weighted by Gasteiger charge is 2.07. The van der Waals surface area contributed by atoms with Crippen molar-refractivity contribution in [1.82, 2.24) is 5.32 Å². The Balaban J connectivity index is 2.53. The number of benzene rings is 1. The monoisotopic (exact) mass is 264 g/mol. The summed E-state index contributed by atoms with van der Waals surface area (Å²) < 4.78 is 5.48. The molecule has 0 saturated heterocycles. The van der Waals surface area contributed by atoms with Crippen molar-refractivity contribution in [2.24, 2.45) is 11.7 Å². The van der Waals surface area contributed by atoms with E-state index in [-0.39, 0.29) is 0 Å². The molecule has 0 saturated carbocycles. The molecule has 0 radical (unpaired) electrons. The van der Waals surface area contributed by atoms with Gasteiger partial charge in [0.15, 0.2) is 0 Å². The van der Waals surface area contributed by atoms with Gasteiger partial charge < -0.3 is 15.8 Å². The quantitative estimate of drug-likeness (QED) is 0.710. The second-order valence-electron chi connectivity index (χ2n) is 5.53. The van der Waals surface area contributed by atoms with E-state index in [0.29, 0.717) is 11.8 Å². The van der Waals surface area contributed by atoms with E-state index >= 15 is 0 Å². The third kappa shape index (κ3) is 5.21. The highest BCUT2D eigenvalue weighted by atomic mass is 16.5. The third-order valence-corrected chi connectivity index (χ3v) is 3.51. The molecule has 0 heterocycles.